The van der Waals surface area contributed by atoms with Crippen LogP contribution >= 0.6 is 22.9 Å². The van der Waals surface area contributed by atoms with E-state index < -0.39 is 5.82 Å². The summed E-state index contributed by atoms with van der Waals surface area (Å²) >= 11 is 7.51. The van der Waals surface area contributed by atoms with Gasteiger partial charge in [0.15, 0.2) is 0 Å². The normalized spacial score (nSPS) is 14.2. The van der Waals surface area contributed by atoms with Crippen molar-refractivity contribution in [3.05, 3.63) is 56.0 Å². The van der Waals surface area contributed by atoms with Gasteiger partial charge >= 0.3 is 0 Å². The monoisotopic (exact) mass is 294 g/mol. The third kappa shape index (κ3) is 2.45. The van der Waals surface area contributed by atoms with Crippen molar-refractivity contribution in [2.45, 2.75) is 25.7 Å². The molecule has 19 heavy (non-hydrogen) atoms. The van der Waals surface area contributed by atoms with Crippen LogP contribution in [0.25, 0.3) is 0 Å². The number of carbonyl (C=O) groups is 1. The minimum absolute atomic E-state index is 0.177. The Balaban J connectivity index is 1.99. The third-order valence-electron chi connectivity index (χ3n) is 3.39. The lowest BCUT2D eigenvalue weighted by molar-refractivity contribution is 0.104. The Morgan fingerprint density at radius 2 is 2.00 bits per heavy atom. The topological polar surface area (TPSA) is 17.1 Å². The maximum Gasteiger partial charge on any atom is 0.204 e. The Hall–Kier alpha value is -1.19. The van der Waals surface area contributed by atoms with E-state index in [-0.39, 0.29) is 11.3 Å². The van der Waals surface area contributed by atoms with Gasteiger partial charge in [-0.1, -0.05) is 11.6 Å². The van der Waals surface area contributed by atoms with Crippen LogP contribution in [0.5, 0.6) is 0 Å². The van der Waals surface area contributed by atoms with Gasteiger partial charge in [-0.3, -0.25) is 4.79 Å². The number of rotatable bonds is 2. The summed E-state index contributed by atoms with van der Waals surface area (Å²) < 4.78 is 13.2. The molecule has 0 saturated carbocycles. The van der Waals surface area contributed by atoms with Crippen LogP contribution in [0, 0.1) is 5.82 Å². The average Bonchev–Trinajstić information content (AvgIpc) is 2.84. The van der Waals surface area contributed by atoms with Gasteiger partial charge in [0.2, 0.25) is 5.78 Å². The van der Waals surface area contributed by atoms with Crippen LogP contribution in [-0.2, 0) is 12.8 Å². The van der Waals surface area contributed by atoms with E-state index in [0.717, 1.165) is 12.8 Å². The number of ketones is 1. The maximum atomic E-state index is 13.2. The molecule has 0 amide bonds. The molecular formula is C15H12ClFOS. The summed E-state index contributed by atoms with van der Waals surface area (Å²) in [5.74, 6) is -0.613. The average molecular weight is 295 g/mol. The standard InChI is InChI=1S/C15H12ClFOS/c16-12-6-5-10(17)8-11(12)15(18)14-7-9-3-1-2-4-13(9)19-14/h5-8H,1-4H2. The van der Waals surface area contributed by atoms with Crippen molar-refractivity contribution in [1.29, 1.82) is 0 Å². The molecule has 0 unspecified atom stereocenters. The Morgan fingerprint density at radius 3 is 2.79 bits per heavy atom. The summed E-state index contributed by atoms with van der Waals surface area (Å²) in [5.41, 5.74) is 1.52. The highest BCUT2D eigenvalue weighted by molar-refractivity contribution is 7.14. The number of benzene rings is 1. The van der Waals surface area contributed by atoms with Gasteiger partial charge in [-0.15, -0.1) is 11.3 Å². The quantitative estimate of drug-likeness (QED) is 0.737. The van der Waals surface area contributed by atoms with Crippen LogP contribution in [0.4, 0.5) is 4.39 Å². The molecule has 0 radical (unpaired) electrons. The predicted molar refractivity (Wildman–Crippen MR) is 75.8 cm³/mol. The van der Waals surface area contributed by atoms with Crippen molar-refractivity contribution in [2.75, 3.05) is 0 Å². The molecule has 0 atom stereocenters. The zero-order valence-electron chi connectivity index (χ0n) is 10.2. The first kappa shape index (κ1) is 12.8. The number of fused-ring (bicyclic) bond motifs is 1. The van der Waals surface area contributed by atoms with E-state index in [4.69, 9.17) is 11.6 Å². The molecule has 1 heterocycles. The molecule has 0 spiro atoms. The van der Waals surface area contributed by atoms with Gasteiger partial charge in [0, 0.05) is 10.4 Å². The molecule has 4 heteroatoms. The van der Waals surface area contributed by atoms with Crippen molar-refractivity contribution < 1.29 is 9.18 Å². The molecule has 1 aliphatic carbocycles. The van der Waals surface area contributed by atoms with Crippen LogP contribution in [0.3, 0.4) is 0 Å². The lowest BCUT2D eigenvalue weighted by Gasteiger charge is -2.08. The Bertz CT molecular complexity index is 624. The Kier molecular flexibility index (Phi) is 3.42. The van der Waals surface area contributed by atoms with Crippen LogP contribution in [-0.4, -0.2) is 5.78 Å². The Labute approximate surface area is 120 Å². The van der Waals surface area contributed by atoms with E-state index in [9.17, 15) is 9.18 Å². The van der Waals surface area contributed by atoms with Gasteiger partial charge < -0.3 is 0 Å². The highest BCUT2D eigenvalue weighted by Crippen LogP contribution is 2.32. The number of halogens is 2. The number of thiophene rings is 1. The molecule has 0 bridgehead atoms. The fourth-order valence-electron chi connectivity index (χ4n) is 2.41. The number of hydrogen-bond acceptors (Lipinski definition) is 2. The lowest BCUT2D eigenvalue weighted by atomic mass is 9.98. The molecule has 0 saturated heterocycles. The maximum absolute atomic E-state index is 13.2. The molecule has 0 aliphatic heterocycles. The van der Waals surface area contributed by atoms with Gasteiger partial charge in [-0.2, -0.15) is 0 Å². The molecule has 0 N–H and O–H groups in total. The fraction of sp³-hybridized carbons (Fsp3) is 0.267. The van der Waals surface area contributed by atoms with E-state index in [0.29, 0.717) is 9.90 Å². The molecule has 0 fully saturated rings. The van der Waals surface area contributed by atoms with Crippen molar-refractivity contribution >= 4 is 28.7 Å². The highest BCUT2D eigenvalue weighted by Gasteiger charge is 2.20. The molecule has 1 aliphatic rings. The zero-order chi connectivity index (χ0) is 13.4. The van der Waals surface area contributed by atoms with Crippen molar-refractivity contribution in [1.82, 2.24) is 0 Å². The molecular weight excluding hydrogens is 283 g/mol. The number of aryl methyl sites for hydroxylation is 2. The first-order valence-electron chi connectivity index (χ1n) is 6.26. The van der Waals surface area contributed by atoms with Crippen molar-refractivity contribution in [2.24, 2.45) is 0 Å². The van der Waals surface area contributed by atoms with Crippen molar-refractivity contribution in [3.63, 3.8) is 0 Å². The summed E-state index contributed by atoms with van der Waals surface area (Å²) in [6.07, 6.45) is 4.44. The summed E-state index contributed by atoms with van der Waals surface area (Å²) in [6.45, 7) is 0. The van der Waals surface area contributed by atoms with E-state index in [1.807, 2.05) is 6.07 Å². The second kappa shape index (κ2) is 5.06. The smallest absolute Gasteiger partial charge is 0.204 e. The third-order valence-corrected chi connectivity index (χ3v) is 4.96. The number of hydrogen-bond donors (Lipinski definition) is 0. The van der Waals surface area contributed by atoms with Gasteiger partial charge in [0.1, 0.15) is 5.82 Å². The Morgan fingerprint density at radius 1 is 1.21 bits per heavy atom. The summed E-state index contributed by atoms with van der Waals surface area (Å²) in [7, 11) is 0. The molecule has 98 valence electrons. The fourth-order valence-corrected chi connectivity index (χ4v) is 3.82. The SMILES string of the molecule is O=C(c1cc2c(s1)CCCC2)c1cc(F)ccc1Cl. The van der Waals surface area contributed by atoms with E-state index in [1.165, 1.54) is 52.8 Å². The second-order valence-electron chi connectivity index (χ2n) is 4.72. The van der Waals surface area contributed by atoms with E-state index in [2.05, 4.69) is 0 Å². The van der Waals surface area contributed by atoms with Crippen LogP contribution in [0.2, 0.25) is 5.02 Å². The zero-order valence-corrected chi connectivity index (χ0v) is 11.8. The molecule has 3 rings (SSSR count). The first-order chi connectivity index (χ1) is 9.15. The van der Waals surface area contributed by atoms with Crippen molar-refractivity contribution in [3.8, 4) is 0 Å². The second-order valence-corrected chi connectivity index (χ2v) is 6.26. The summed E-state index contributed by atoms with van der Waals surface area (Å²) in [4.78, 5) is 14.4. The highest BCUT2D eigenvalue weighted by atomic mass is 35.5. The van der Waals surface area contributed by atoms with Gasteiger partial charge in [-0.25, -0.2) is 4.39 Å². The minimum atomic E-state index is -0.436. The number of carbonyl (C=O) groups excluding carboxylic acids is 1. The van der Waals surface area contributed by atoms with Crippen LogP contribution in [0.1, 0.15) is 38.5 Å². The van der Waals surface area contributed by atoms with E-state index in [1.54, 1.807) is 0 Å². The van der Waals surface area contributed by atoms with Crippen LogP contribution < -0.4 is 0 Å². The van der Waals surface area contributed by atoms with Crippen LogP contribution in [0.15, 0.2) is 24.3 Å². The molecule has 1 nitrogen and oxygen atoms in total. The minimum Gasteiger partial charge on any atom is -0.288 e. The molecule has 2 aromatic rings. The predicted octanol–water partition coefficient (Wildman–Crippen LogP) is 4.65. The van der Waals surface area contributed by atoms with Gasteiger partial charge in [0.25, 0.3) is 0 Å². The van der Waals surface area contributed by atoms with Gasteiger partial charge in [0.05, 0.1) is 9.90 Å². The van der Waals surface area contributed by atoms with Gasteiger partial charge in [-0.05, 0) is 55.5 Å². The lowest BCUT2D eigenvalue weighted by Crippen LogP contribution is -2.00. The molecule has 1 aromatic heterocycles. The first-order valence-corrected chi connectivity index (χ1v) is 7.46. The molecule has 1 aromatic carbocycles. The summed E-state index contributed by atoms with van der Waals surface area (Å²) in [5, 5.41) is 0.303. The van der Waals surface area contributed by atoms with E-state index >= 15 is 0 Å². The summed E-state index contributed by atoms with van der Waals surface area (Å²) in [6, 6.07) is 5.85. The largest absolute Gasteiger partial charge is 0.288 e.